The first-order valence-electron chi connectivity index (χ1n) is 10.4. The molecule has 0 bridgehead atoms. The molecule has 0 aromatic heterocycles. The minimum absolute atomic E-state index is 1.10. The molecule has 0 amide bonds. The molecule has 0 N–H and O–H groups in total. The van der Waals surface area contributed by atoms with Crippen LogP contribution < -0.4 is 0 Å². The summed E-state index contributed by atoms with van der Waals surface area (Å²) in [5.41, 5.74) is 2.00. The molecule has 0 atom stereocenters. The van der Waals surface area contributed by atoms with Crippen molar-refractivity contribution in [2.24, 2.45) is 0 Å². The minimum Gasteiger partial charge on any atom is -0.437 e. The predicted octanol–water partition coefficient (Wildman–Crippen LogP) is 6.56. The first-order valence-corrected chi connectivity index (χ1v) is 21.9. The molecule has 0 rings (SSSR count). The molecule has 162 valence electrons. The molecule has 8 heteroatoms. The van der Waals surface area contributed by atoms with Crippen molar-refractivity contribution in [2.75, 3.05) is 14.2 Å². The van der Waals surface area contributed by atoms with Crippen LogP contribution in [0.4, 0.5) is 0 Å². The summed E-state index contributed by atoms with van der Waals surface area (Å²) in [4.78, 5) is 0. The van der Waals surface area contributed by atoms with E-state index in [4.69, 9.17) is 17.1 Å². The van der Waals surface area contributed by atoms with Gasteiger partial charge in [0.25, 0.3) is 0 Å². The van der Waals surface area contributed by atoms with Crippen LogP contribution in [0.15, 0.2) is 12.3 Å². The number of rotatable bonds is 16. The molecular weight excluding hydrogens is 405 g/mol. The molecule has 0 aromatic carbocycles. The van der Waals surface area contributed by atoms with E-state index >= 15 is 0 Å². The van der Waals surface area contributed by atoms with E-state index in [1.165, 1.54) is 44.6 Å². The maximum atomic E-state index is 6.59. The highest BCUT2D eigenvalue weighted by Gasteiger charge is 2.38. The van der Waals surface area contributed by atoms with Crippen LogP contribution in [0.25, 0.3) is 0 Å². The molecule has 27 heavy (non-hydrogen) atoms. The van der Waals surface area contributed by atoms with E-state index < -0.39 is 33.8 Å². The lowest BCUT2D eigenvalue weighted by molar-refractivity contribution is 0.248. The zero-order valence-electron chi connectivity index (χ0n) is 19.6. The summed E-state index contributed by atoms with van der Waals surface area (Å²) < 4.78 is 24.1. The second kappa shape index (κ2) is 12.2. The van der Waals surface area contributed by atoms with Gasteiger partial charge >= 0.3 is 17.1 Å². The average molecular weight is 451 g/mol. The van der Waals surface area contributed by atoms with Crippen molar-refractivity contribution in [3.8, 4) is 0 Å². The Labute approximate surface area is 173 Å². The van der Waals surface area contributed by atoms with Crippen LogP contribution in [0.1, 0.15) is 38.5 Å². The Morgan fingerprint density at radius 1 is 0.667 bits per heavy atom. The fourth-order valence-electron chi connectivity index (χ4n) is 3.40. The Bertz CT molecular complexity index is 424. The summed E-state index contributed by atoms with van der Waals surface area (Å²) in [7, 11) is -3.83. The van der Waals surface area contributed by atoms with Crippen molar-refractivity contribution >= 4 is 33.8 Å². The van der Waals surface area contributed by atoms with Gasteiger partial charge in [-0.25, -0.2) is 0 Å². The maximum Gasteiger partial charge on any atom is 0.334 e. The van der Waals surface area contributed by atoms with Crippen molar-refractivity contribution in [3.05, 3.63) is 12.3 Å². The van der Waals surface area contributed by atoms with Crippen molar-refractivity contribution in [3.63, 3.8) is 0 Å². The standard InChI is InChI=1S/C19H46O4Si4/c1-11-24(4,5)22-26(8,9)23-25(6,7)18-16-14-12-13-15-17-19-27(10,20-2)21-3/h11H,1,12-19H2,2-10H3. The third-order valence-corrected chi connectivity index (χ3v) is 18.8. The average Bonchev–Trinajstić information content (AvgIpc) is 2.54. The fraction of sp³-hybridized carbons (Fsp3) is 0.895. The Balaban J connectivity index is 4.01. The van der Waals surface area contributed by atoms with Gasteiger partial charge in [-0.3, -0.25) is 0 Å². The summed E-state index contributed by atoms with van der Waals surface area (Å²) in [5.74, 6) is 0. The van der Waals surface area contributed by atoms with Gasteiger partial charge in [-0.2, -0.15) is 0 Å². The van der Waals surface area contributed by atoms with Gasteiger partial charge in [0.15, 0.2) is 16.6 Å². The molecule has 0 aliphatic carbocycles. The van der Waals surface area contributed by atoms with Crippen LogP contribution in [-0.2, 0) is 17.1 Å². The Morgan fingerprint density at radius 2 is 1.11 bits per heavy atom. The number of unbranched alkanes of at least 4 members (excludes halogenated alkanes) is 5. The van der Waals surface area contributed by atoms with Crippen LogP contribution in [0.2, 0.25) is 57.9 Å². The van der Waals surface area contributed by atoms with E-state index in [-0.39, 0.29) is 0 Å². The van der Waals surface area contributed by atoms with Crippen molar-refractivity contribution in [2.45, 2.75) is 96.4 Å². The highest BCUT2D eigenvalue weighted by molar-refractivity contribution is 6.89. The fourth-order valence-corrected chi connectivity index (χ4v) is 17.6. The smallest absolute Gasteiger partial charge is 0.334 e. The molecule has 0 unspecified atom stereocenters. The molecule has 0 aliphatic heterocycles. The summed E-state index contributed by atoms with van der Waals surface area (Å²) in [6.45, 7) is 19.5. The van der Waals surface area contributed by atoms with Gasteiger partial charge in [-0.1, -0.05) is 44.2 Å². The highest BCUT2D eigenvalue weighted by atomic mass is 28.5. The summed E-state index contributed by atoms with van der Waals surface area (Å²) in [6.07, 6.45) is 7.70. The van der Waals surface area contributed by atoms with Crippen LogP contribution in [-0.4, -0.2) is 48.0 Å². The van der Waals surface area contributed by atoms with Crippen molar-refractivity contribution in [1.82, 2.24) is 0 Å². The van der Waals surface area contributed by atoms with E-state index in [2.05, 4.69) is 52.4 Å². The molecule has 0 aromatic rings. The largest absolute Gasteiger partial charge is 0.437 e. The predicted molar refractivity (Wildman–Crippen MR) is 128 cm³/mol. The molecule has 0 saturated carbocycles. The van der Waals surface area contributed by atoms with Crippen molar-refractivity contribution in [1.29, 1.82) is 0 Å². The minimum atomic E-state index is -2.07. The molecule has 4 nitrogen and oxygen atoms in total. The first kappa shape index (κ1) is 27.4. The third kappa shape index (κ3) is 13.3. The normalized spacial score (nSPS) is 13.8. The van der Waals surface area contributed by atoms with E-state index in [1.807, 2.05) is 5.70 Å². The second-order valence-corrected chi connectivity index (χ2v) is 25.0. The topological polar surface area (TPSA) is 36.9 Å². The molecule has 0 spiro atoms. The molecule has 0 saturated heterocycles. The lowest BCUT2D eigenvalue weighted by atomic mass is 10.1. The van der Waals surface area contributed by atoms with Crippen LogP contribution in [0.5, 0.6) is 0 Å². The van der Waals surface area contributed by atoms with E-state index in [0.717, 1.165) is 6.04 Å². The molecule has 0 heterocycles. The van der Waals surface area contributed by atoms with Crippen molar-refractivity contribution < 1.29 is 17.1 Å². The van der Waals surface area contributed by atoms with Crippen LogP contribution >= 0.6 is 0 Å². The highest BCUT2D eigenvalue weighted by Crippen LogP contribution is 2.25. The van der Waals surface area contributed by atoms with Gasteiger partial charge in [-0.15, -0.1) is 6.58 Å². The maximum absolute atomic E-state index is 6.59. The summed E-state index contributed by atoms with van der Waals surface area (Å²) in [5, 5.41) is 0. The first-order chi connectivity index (χ1) is 12.3. The molecular formula is C19H46O4Si4. The van der Waals surface area contributed by atoms with Gasteiger partial charge in [0.1, 0.15) is 0 Å². The Kier molecular flexibility index (Phi) is 12.4. The quantitative estimate of drug-likeness (QED) is 0.197. The number of hydrogen-bond donors (Lipinski definition) is 0. The Morgan fingerprint density at radius 3 is 1.56 bits per heavy atom. The van der Waals surface area contributed by atoms with E-state index in [0.29, 0.717) is 0 Å². The molecule has 0 fully saturated rings. The zero-order chi connectivity index (χ0) is 21.2. The molecule has 0 aliphatic rings. The van der Waals surface area contributed by atoms with Gasteiger partial charge < -0.3 is 17.1 Å². The van der Waals surface area contributed by atoms with Crippen LogP contribution in [0.3, 0.4) is 0 Å². The van der Waals surface area contributed by atoms with Gasteiger partial charge in [0.2, 0.25) is 0 Å². The lowest BCUT2D eigenvalue weighted by Gasteiger charge is -2.37. The number of hydrogen-bond acceptors (Lipinski definition) is 4. The van der Waals surface area contributed by atoms with Gasteiger partial charge in [-0.05, 0) is 57.9 Å². The van der Waals surface area contributed by atoms with Crippen LogP contribution in [0, 0.1) is 0 Å². The van der Waals surface area contributed by atoms with Gasteiger partial charge in [0.05, 0.1) is 0 Å². The second-order valence-electron chi connectivity index (χ2n) is 9.33. The monoisotopic (exact) mass is 450 g/mol. The summed E-state index contributed by atoms with van der Waals surface area (Å²) >= 11 is 0. The molecule has 0 radical (unpaired) electrons. The SMILES string of the molecule is C=C[Si](C)(C)O[Si](C)(C)O[Si](C)(C)CCCCCCCC[Si](C)(OC)OC. The van der Waals surface area contributed by atoms with E-state index in [1.54, 1.807) is 14.2 Å². The summed E-state index contributed by atoms with van der Waals surface area (Å²) in [6, 6.07) is 2.32. The van der Waals surface area contributed by atoms with E-state index in [9.17, 15) is 0 Å². The Hall–Kier alpha value is 0.448. The third-order valence-electron chi connectivity index (χ3n) is 5.05. The van der Waals surface area contributed by atoms with Gasteiger partial charge in [0, 0.05) is 14.2 Å². The zero-order valence-corrected chi connectivity index (χ0v) is 23.6. The lowest BCUT2D eigenvalue weighted by Crippen LogP contribution is -2.51.